The third-order valence-electron chi connectivity index (χ3n) is 4.12. The van der Waals surface area contributed by atoms with Gasteiger partial charge in [0.1, 0.15) is 5.82 Å². The summed E-state index contributed by atoms with van der Waals surface area (Å²) < 4.78 is 13.5. The zero-order chi connectivity index (χ0) is 12.4. The summed E-state index contributed by atoms with van der Waals surface area (Å²) in [6.07, 6.45) is 5.95. The summed E-state index contributed by atoms with van der Waals surface area (Å²) in [5.74, 6) is -0.106. The highest BCUT2D eigenvalue weighted by Crippen LogP contribution is 2.27. The minimum atomic E-state index is -0.106. The molecule has 3 rings (SSSR count). The Labute approximate surface area is 108 Å². The molecule has 1 aromatic carbocycles. The Kier molecular flexibility index (Phi) is 3.50. The molecule has 2 saturated heterocycles. The van der Waals surface area contributed by atoms with Gasteiger partial charge in [-0.15, -0.1) is 0 Å². The van der Waals surface area contributed by atoms with Crippen molar-refractivity contribution in [3.8, 4) is 0 Å². The molecule has 1 aromatic rings. The zero-order valence-corrected chi connectivity index (χ0v) is 10.8. The van der Waals surface area contributed by atoms with E-state index in [0.717, 1.165) is 26.1 Å². The Bertz CT molecular complexity index is 407. The lowest BCUT2D eigenvalue weighted by Crippen LogP contribution is -2.26. The first-order valence-electron chi connectivity index (χ1n) is 7.10. The van der Waals surface area contributed by atoms with E-state index in [2.05, 4.69) is 10.2 Å². The summed E-state index contributed by atoms with van der Waals surface area (Å²) in [4.78, 5) is 2.41. The van der Waals surface area contributed by atoms with E-state index in [9.17, 15) is 4.39 Å². The van der Waals surface area contributed by atoms with Crippen molar-refractivity contribution in [2.45, 2.75) is 38.1 Å². The maximum atomic E-state index is 13.5. The molecule has 2 heterocycles. The molecule has 18 heavy (non-hydrogen) atoms. The fourth-order valence-electron chi connectivity index (χ4n) is 3.18. The van der Waals surface area contributed by atoms with Crippen molar-refractivity contribution < 1.29 is 4.39 Å². The molecule has 0 amide bonds. The summed E-state index contributed by atoms with van der Waals surface area (Å²) >= 11 is 0. The third kappa shape index (κ3) is 2.51. The average molecular weight is 248 g/mol. The minimum absolute atomic E-state index is 0.106. The third-order valence-corrected chi connectivity index (χ3v) is 4.12. The van der Waals surface area contributed by atoms with Crippen molar-refractivity contribution in [2.24, 2.45) is 0 Å². The lowest BCUT2D eigenvalue weighted by atomic mass is 10.0. The Morgan fingerprint density at radius 3 is 2.78 bits per heavy atom. The van der Waals surface area contributed by atoms with Gasteiger partial charge in [0.05, 0.1) is 0 Å². The van der Waals surface area contributed by atoms with Gasteiger partial charge in [0.15, 0.2) is 0 Å². The van der Waals surface area contributed by atoms with Gasteiger partial charge in [-0.1, -0.05) is 0 Å². The van der Waals surface area contributed by atoms with Crippen LogP contribution in [-0.4, -0.2) is 25.7 Å². The number of anilines is 1. The van der Waals surface area contributed by atoms with Crippen LogP contribution in [0.1, 0.15) is 31.2 Å². The number of hydrogen-bond donors (Lipinski definition) is 1. The van der Waals surface area contributed by atoms with Gasteiger partial charge in [-0.05, 0) is 62.4 Å². The molecule has 0 radical (unpaired) electrons. The monoisotopic (exact) mass is 248 g/mol. The topological polar surface area (TPSA) is 15.3 Å². The second-order valence-corrected chi connectivity index (χ2v) is 5.46. The van der Waals surface area contributed by atoms with E-state index >= 15 is 0 Å². The first-order chi connectivity index (χ1) is 8.83. The molecule has 0 spiro atoms. The highest BCUT2D eigenvalue weighted by Gasteiger charge is 2.20. The van der Waals surface area contributed by atoms with Gasteiger partial charge < -0.3 is 10.2 Å². The standard InChI is InChI=1S/C15H21FN2/c16-13-5-6-15(18-8-1-2-9-18)12(10-13)11-14-4-3-7-17-14/h5-6,10,14,17H,1-4,7-9,11H2. The van der Waals surface area contributed by atoms with E-state index < -0.39 is 0 Å². The Morgan fingerprint density at radius 1 is 1.22 bits per heavy atom. The summed E-state index contributed by atoms with van der Waals surface area (Å²) in [7, 11) is 0. The molecule has 2 nitrogen and oxygen atoms in total. The Balaban J connectivity index is 1.82. The highest BCUT2D eigenvalue weighted by atomic mass is 19.1. The molecule has 2 fully saturated rings. The van der Waals surface area contributed by atoms with Gasteiger partial charge in [-0.25, -0.2) is 4.39 Å². The molecular formula is C15H21FN2. The van der Waals surface area contributed by atoms with Crippen molar-refractivity contribution in [3.05, 3.63) is 29.6 Å². The van der Waals surface area contributed by atoms with Gasteiger partial charge >= 0.3 is 0 Å². The summed E-state index contributed by atoms with van der Waals surface area (Å²) in [5, 5.41) is 3.50. The quantitative estimate of drug-likeness (QED) is 0.885. The molecule has 0 aromatic heterocycles. The predicted molar refractivity (Wildman–Crippen MR) is 72.6 cm³/mol. The summed E-state index contributed by atoms with van der Waals surface area (Å²) in [6, 6.07) is 5.82. The first-order valence-corrected chi connectivity index (χ1v) is 7.10. The fraction of sp³-hybridized carbons (Fsp3) is 0.600. The summed E-state index contributed by atoms with van der Waals surface area (Å²) in [6.45, 7) is 3.35. The second-order valence-electron chi connectivity index (χ2n) is 5.46. The van der Waals surface area contributed by atoms with Crippen LogP contribution >= 0.6 is 0 Å². The smallest absolute Gasteiger partial charge is 0.123 e. The molecule has 2 aliphatic heterocycles. The number of nitrogens with one attached hydrogen (secondary N) is 1. The van der Waals surface area contributed by atoms with Crippen LogP contribution in [0.2, 0.25) is 0 Å². The molecule has 1 N–H and O–H groups in total. The maximum absolute atomic E-state index is 13.5. The largest absolute Gasteiger partial charge is 0.371 e. The summed E-state index contributed by atoms with van der Waals surface area (Å²) in [5.41, 5.74) is 2.43. The molecule has 2 aliphatic rings. The lowest BCUT2D eigenvalue weighted by molar-refractivity contribution is 0.592. The van der Waals surface area contributed by atoms with Crippen molar-refractivity contribution in [2.75, 3.05) is 24.5 Å². The minimum Gasteiger partial charge on any atom is -0.371 e. The van der Waals surface area contributed by atoms with E-state index in [-0.39, 0.29) is 5.82 Å². The van der Waals surface area contributed by atoms with Crippen LogP contribution < -0.4 is 10.2 Å². The van der Waals surface area contributed by atoms with Crippen molar-refractivity contribution in [1.29, 1.82) is 0 Å². The first kappa shape index (κ1) is 12.0. The van der Waals surface area contributed by atoms with Crippen LogP contribution in [0, 0.1) is 5.82 Å². The van der Waals surface area contributed by atoms with Crippen LogP contribution in [0.25, 0.3) is 0 Å². The SMILES string of the molecule is Fc1ccc(N2CCCC2)c(CC2CCCN2)c1. The second kappa shape index (κ2) is 5.27. The van der Waals surface area contributed by atoms with Gasteiger partial charge in [0.25, 0.3) is 0 Å². The van der Waals surface area contributed by atoms with E-state index in [1.54, 1.807) is 12.1 Å². The molecule has 0 saturated carbocycles. The van der Waals surface area contributed by atoms with Crippen LogP contribution in [0.4, 0.5) is 10.1 Å². The molecule has 1 atom stereocenters. The molecule has 98 valence electrons. The number of benzene rings is 1. The Morgan fingerprint density at radius 2 is 2.06 bits per heavy atom. The van der Waals surface area contributed by atoms with Crippen molar-refractivity contribution in [1.82, 2.24) is 5.32 Å². The van der Waals surface area contributed by atoms with Crippen LogP contribution in [0.3, 0.4) is 0 Å². The normalized spacial score (nSPS) is 23.8. The number of rotatable bonds is 3. The molecule has 0 aliphatic carbocycles. The van der Waals surface area contributed by atoms with E-state index in [4.69, 9.17) is 0 Å². The average Bonchev–Trinajstić information content (AvgIpc) is 3.01. The van der Waals surface area contributed by atoms with E-state index in [1.807, 2.05) is 6.07 Å². The lowest BCUT2D eigenvalue weighted by Gasteiger charge is -2.23. The molecule has 0 bridgehead atoms. The zero-order valence-electron chi connectivity index (χ0n) is 10.8. The Hall–Kier alpha value is -1.09. The number of hydrogen-bond acceptors (Lipinski definition) is 2. The molecular weight excluding hydrogens is 227 g/mol. The van der Waals surface area contributed by atoms with Gasteiger partial charge in [0, 0.05) is 24.8 Å². The van der Waals surface area contributed by atoms with Gasteiger partial charge in [-0.2, -0.15) is 0 Å². The van der Waals surface area contributed by atoms with Crippen LogP contribution in [0.15, 0.2) is 18.2 Å². The highest BCUT2D eigenvalue weighted by molar-refractivity contribution is 5.54. The fourth-order valence-corrected chi connectivity index (χ4v) is 3.18. The van der Waals surface area contributed by atoms with Gasteiger partial charge in [0.2, 0.25) is 0 Å². The number of nitrogens with zero attached hydrogens (tertiary/aromatic N) is 1. The van der Waals surface area contributed by atoms with Gasteiger partial charge in [-0.3, -0.25) is 0 Å². The van der Waals surface area contributed by atoms with E-state index in [0.29, 0.717) is 6.04 Å². The number of halogens is 1. The molecule has 3 heteroatoms. The maximum Gasteiger partial charge on any atom is 0.123 e. The van der Waals surface area contributed by atoms with Crippen LogP contribution in [-0.2, 0) is 6.42 Å². The van der Waals surface area contributed by atoms with E-state index in [1.165, 1.54) is 36.9 Å². The predicted octanol–water partition coefficient (Wildman–Crippen LogP) is 2.72. The molecule has 1 unspecified atom stereocenters. The van der Waals surface area contributed by atoms with Crippen LogP contribution in [0.5, 0.6) is 0 Å². The van der Waals surface area contributed by atoms with Crippen molar-refractivity contribution >= 4 is 5.69 Å². The van der Waals surface area contributed by atoms with Crippen molar-refractivity contribution in [3.63, 3.8) is 0 Å².